The molecule has 0 radical (unpaired) electrons. The first-order valence-electron chi connectivity index (χ1n) is 5.61. The Bertz CT molecular complexity index is 454. The lowest BCUT2D eigenvalue weighted by Crippen LogP contribution is -2.53. The first kappa shape index (κ1) is 13.2. The Hall–Kier alpha value is -1.20. The molecule has 0 atom stereocenters. The summed E-state index contributed by atoms with van der Waals surface area (Å²) in [5.41, 5.74) is 1.04. The number of esters is 1. The summed E-state index contributed by atoms with van der Waals surface area (Å²) in [4.78, 5) is 12.8. The van der Waals surface area contributed by atoms with Crippen molar-refractivity contribution in [2.75, 3.05) is 27.4 Å². The van der Waals surface area contributed by atoms with Gasteiger partial charge in [0, 0.05) is 4.90 Å². The van der Waals surface area contributed by atoms with Gasteiger partial charge in [-0.15, -0.1) is 11.8 Å². The normalized spacial score (nSPS) is 16.8. The number of carbonyl (C=O) groups is 1. The first-order valence-corrected chi connectivity index (χ1v) is 6.43. The van der Waals surface area contributed by atoms with Crippen LogP contribution in [-0.2, 0) is 14.3 Å². The third-order valence-electron chi connectivity index (χ3n) is 2.91. The first-order chi connectivity index (χ1) is 8.61. The Kier molecular flexibility index (Phi) is 3.82. The molecule has 1 aromatic carbocycles. The summed E-state index contributed by atoms with van der Waals surface area (Å²) in [5.74, 6) is 0.614. The molecule has 0 aromatic heterocycles. The molecule has 98 valence electrons. The second-order valence-electron chi connectivity index (χ2n) is 4.21. The standard InChI is InChI=1S/C13H16O4S/c1-9-6-10(4-5-11(9)15-2)18-13(7-17-8-13)12(14)16-3/h4-6H,7-8H2,1-3H3. The zero-order chi connectivity index (χ0) is 13.2. The highest BCUT2D eigenvalue weighted by atomic mass is 32.2. The minimum absolute atomic E-state index is 0.229. The van der Waals surface area contributed by atoms with E-state index in [2.05, 4.69) is 0 Å². The smallest absolute Gasteiger partial charge is 0.327 e. The quantitative estimate of drug-likeness (QED) is 0.782. The molecule has 1 saturated heterocycles. The molecule has 0 bridgehead atoms. The van der Waals surface area contributed by atoms with Crippen molar-refractivity contribution < 1.29 is 19.0 Å². The zero-order valence-electron chi connectivity index (χ0n) is 10.7. The average Bonchev–Trinajstić information content (AvgIpc) is 2.33. The van der Waals surface area contributed by atoms with E-state index in [1.54, 1.807) is 7.11 Å². The van der Waals surface area contributed by atoms with Crippen LogP contribution in [0.1, 0.15) is 5.56 Å². The van der Waals surface area contributed by atoms with Crippen molar-refractivity contribution in [2.45, 2.75) is 16.6 Å². The lowest BCUT2D eigenvalue weighted by atomic mass is 10.1. The fourth-order valence-electron chi connectivity index (χ4n) is 1.83. The van der Waals surface area contributed by atoms with Gasteiger partial charge in [-0.2, -0.15) is 0 Å². The van der Waals surface area contributed by atoms with Crippen molar-refractivity contribution in [1.29, 1.82) is 0 Å². The molecule has 2 rings (SSSR count). The highest BCUT2D eigenvalue weighted by Crippen LogP contribution is 2.40. The minimum atomic E-state index is -0.588. The van der Waals surface area contributed by atoms with Gasteiger partial charge in [0.25, 0.3) is 0 Å². The molecule has 0 saturated carbocycles. The van der Waals surface area contributed by atoms with Crippen LogP contribution < -0.4 is 4.74 Å². The summed E-state index contributed by atoms with van der Waals surface area (Å²) in [5, 5.41) is 0. The van der Waals surface area contributed by atoms with Crippen LogP contribution in [0.15, 0.2) is 23.1 Å². The Morgan fingerprint density at radius 2 is 2.11 bits per heavy atom. The van der Waals surface area contributed by atoms with Gasteiger partial charge in [0.15, 0.2) is 4.75 Å². The van der Waals surface area contributed by atoms with E-state index < -0.39 is 4.75 Å². The topological polar surface area (TPSA) is 44.8 Å². The lowest BCUT2D eigenvalue weighted by Gasteiger charge is -2.37. The second-order valence-corrected chi connectivity index (χ2v) is 5.67. The number of thioether (sulfide) groups is 1. The van der Waals surface area contributed by atoms with Crippen LogP contribution in [0.3, 0.4) is 0 Å². The van der Waals surface area contributed by atoms with Crippen LogP contribution in [0.2, 0.25) is 0 Å². The molecule has 0 amide bonds. The Morgan fingerprint density at radius 1 is 1.39 bits per heavy atom. The van der Waals surface area contributed by atoms with E-state index in [9.17, 15) is 4.79 Å². The maximum Gasteiger partial charge on any atom is 0.327 e. The van der Waals surface area contributed by atoms with Crippen molar-refractivity contribution >= 4 is 17.7 Å². The largest absolute Gasteiger partial charge is 0.496 e. The maximum atomic E-state index is 11.8. The molecule has 0 aliphatic carbocycles. The third kappa shape index (κ3) is 2.33. The molecule has 4 nitrogen and oxygen atoms in total. The number of rotatable bonds is 4. The number of hydrogen-bond acceptors (Lipinski definition) is 5. The van der Waals surface area contributed by atoms with Gasteiger partial charge in [-0.3, -0.25) is 4.79 Å². The van der Waals surface area contributed by atoms with Gasteiger partial charge < -0.3 is 14.2 Å². The van der Waals surface area contributed by atoms with Gasteiger partial charge in [-0.05, 0) is 30.7 Å². The molecule has 5 heteroatoms. The molecule has 0 spiro atoms. The van der Waals surface area contributed by atoms with Crippen LogP contribution in [-0.4, -0.2) is 38.1 Å². The number of ether oxygens (including phenoxy) is 3. The van der Waals surface area contributed by atoms with Crippen molar-refractivity contribution in [3.63, 3.8) is 0 Å². The van der Waals surface area contributed by atoms with Crippen molar-refractivity contribution in [3.05, 3.63) is 23.8 Å². The molecule has 0 N–H and O–H groups in total. The maximum absolute atomic E-state index is 11.8. The van der Waals surface area contributed by atoms with E-state index in [1.165, 1.54) is 18.9 Å². The molecule has 1 fully saturated rings. The lowest BCUT2D eigenvalue weighted by molar-refractivity contribution is -0.155. The average molecular weight is 268 g/mol. The van der Waals surface area contributed by atoms with Gasteiger partial charge in [0.2, 0.25) is 0 Å². The molecular weight excluding hydrogens is 252 g/mol. The molecule has 0 unspecified atom stereocenters. The molecule has 1 aliphatic heterocycles. The Labute approximate surface area is 111 Å². The number of aryl methyl sites for hydroxylation is 1. The molecule has 1 aromatic rings. The predicted octanol–water partition coefficient (Wildman–Crippen LogP) is 2.04. The van der Waals surface area contributed by atoms with Gasteiger partial charge in [-0.1, -0.05) is 0 Å². The fraction of sp³-hybridized carbons (Fsp3) is 0.462. The van der Waals surface area contributed by atoms with Crippen LogP contribution in [0.25, 0.3) is 0 Å². The number of carbonyl (C=O) groups excluding carboxylic acids is 1. The summed E-state index contributed by atoms with van der Waals surface area (Å²) in [6.45, 7) is 2.77. The summed E-state index contributed by atoms with van der Waals surface area (Å²) in [6.07, 6.45) is 0. The van der Waals surface area contributed by atoms with Crippen LogP contribution >= 0.6 is 11.8 Å². The van der Waals surface area contributed by atoms with Crippen molar-refractivity contribution in [1.82, 2.24) is 0 Å². The Morgan fingerprint density at radius 3 is 2.56 bits per heavy atom. The van der Waals surface area contributed by atoms with E-state index in [1.807, 2.05) is 25.1 Å². The number of hydrogen-bond donors (Lipinski definition) is 0. The van der Waals surface area contributed by atoms with Crippen molar-refractivity contribution in [3.8, 4) is 5.75 Å². The summed E-state index contributed by atoms with van der Waals surface area (Å²) >= 11 is 1.49. The molecule has 1 heterocycles. The van der Waals surface area contributed by atoms with E-state index >= 15 is 0 Å². The van der Waals surface area contributed by atoms with Gasteiger partial charge >= 0.3 is 5.97 Å². The van der Waals surface area contributed by atoms with E-state index in [-0.39, 0.29) is 5.97 Å². The minimum Gasteiger partial charge on any atom is -0.496 e. The van der Waals surface area contributed by atoms with Crippen molar-refractivity contribution in [2.24, 2.45) is 0 Å². The predicted molar refractivity (Wildman–Crippen MR) is 69.2 cm³/mol. The summed E-state index contributed by atoms with van der Waals surface area (Å²) < 4.78 is 14.6. The van der Waals surface area contributed by atoms with Crippen LogP contribution in [0.5, 0.6) is 5.75 Å². The molecular formula is C13H16O4S. The summed E-state index contributed by atoms with van der Waals surface area (Å²) in [6, 6.07) is 5.86. The van der Waals surface area contributed by atoms with Gasteiger partial charge in [0.05, 0.1) is 27.4 Å². The van der Waals surface area contributed by atoms with Crippen LogP contribution in [0.4, 0.5) is 0 Å². The molecule has 1 aliphatic rings. The SMILES string of the molecule is COC(=O)C1(Sc2ccc(OC)c(C)c2)COC1. The zero-order valence-corrected chi connectivity index (χ0v) is 11.5. The van der Waals surface area contributed by atoms with E-state index in [0.29, 0.717) is 13.2 Å². The second kappa shape index (κ2) is 5.20. The van der Waals surface area contributed by atoms with E-state index in [4.69, 9.17) is 14.2 Å². The Balaban J connectivity index is 2.18. The van der Waals surface area contributed by atoms with E-state index in [0.717, 1.165) is 16.2 Å². The fourth-order valence-corrected chi connectivity index (χ4v) is 3.11. The number of benzene rings is 1. The monoisotopic (exact) mass is 268 g/mol. The highest BCUT2D eigenvalue weighted by Gasteiger charge is 2.48. The molecule has 18 heavy (non-hydrogen) atoms. The van der Waals surface area contributed by atoms with Crippen LogP contribution in [0, 0.1) is 6.92 Å². The number of methoxy groups -OCH3 is 2. The summed E-state index contributed by atoms with van der Waals surface area (Å²) in [7, 11) is 3.05. The highest BCUT2D eigenvalue weighted by molar-refractivity contribution is 8.01. The van der Waals surface area contributed by atoms with Gasteiger partial charge in [-0.25, -0.2) is 0 Å². The van der Waals surface area contributed by atoms with Gasteiger partial charge in [0.1, 0.15) is 5.75 Å². The third-order valence-corrected chi connectivity index (χ3v) is 4.19.